The normalized spacial score (nSPS) is 12.0. The summed E-state index contributed by atoms with van der Waals surface area (Å²) in [7, 11) is 0. The van der Waals surface area contributed by atoms with Crippen LogP contribution in [0.2, 0.25) is 0 Å². The molecule has 0 saturated heterocycles. The topological polar surface area (TPSA) is 69.2 Å². The SMILES string of the molecule is O=C(O)[C@H](CSc1ccccn1)N(Cc1ccccc1)c1cc2ccccc2[nH]1. The van der Waals surface area contributed by atoms with Crippen LogP contribution in [0.4, 0.5) is 5.82 Å². The first kappa shape index (κ1) is 19.1. The molecule has 4 rings (SSSR count). The van der Waals surface area contributed by atoms with E-state index >= 15 is 0 Å². The van der Waals surface area contributed by atoms with Gasteiger partial charge in [-0.3, -0.25) is 0 Å². The molecule has 1 atom stereocenters. The summed E-state index contributed by atoms with van der Waals surface area (Å²) in [6.45, 7) is 0.493. The number of rotatable bonds is 8. The van der Waals surface area contributed by atoms with Gasteiger partial charge in [0.15, 0.2) is 0 Å². The molecule has 0 radical (unpaired) electrons. The van der Waals surface area contributed by atoms with Crippen LogP contribution in [0.15, 0.2) is 90.1 Å². The molecule has 2 aromatic carbocycles. The Balaban J connectivity index is 1.67. The van der Waals surface area contributed by atoms with E-state index in [-0.39, 0.29) is 0 Å². The number of hydrogen-bond donors (Lipinski definition) is 2. The number of carboxylic acids is 1. The quantitative estimate of drug-likeness (QED) is 0.413. The molecule has 146 valence electrons. The molecule has 0 aliphatic carbocycles. The standard InChI is InChI=1S/C23H21N3O2S/c27-23(28)20(16-29-22-12-6-7-13-24-22)26(15-17-8-2-1-3-9-17)21-14-18-10-4-5-11-19(18)25-21/h1-14,20,25H,15-16H2,(H,27,28)/t20-/m0/s1. The lowest BCUT2D eigenvalue weighted by atomic mass is 10.1. The summed E-state index contributed by atoms with van der Waals surface area (Å²) in [5, 5.41) is 11.9. The first-order valence-electron chi connectivity index (χ1n) is 9.35. The Hall–Kier alpha value is -3.25. The summed E-state index contributed by atoms with van der Waals surface area (Å²) in [6, 6.07) is 24.9. The van der Waals surface area contributed by atoms with Gasteiger partial charge in [0.25, 0.3) is 0 Å². The lowest BCUT2D eigenvalue weighted by molar-refractivity contribution is -0.138. The number of para-hydroxylation sites is 1. The minimum atomic E-state index is -0.858. The summed E-state index contributed by atoms with van der Waals surface area (Å²) in [5.74, 6) is 0.321. The highest BCUT2D eigenvalue weighted by Gasteiger charge is 2.27. The number of aliphatic carboxylic acids is 1. The lowest BCUT2D eigenvalue weighted by Crippen LogP contribution is -2.43. The molecule has 0 aliphatic rings. The number of nitrogens with one attached hydrogen (secondary N) is 1. The van der Waals surface area contributed by atoms with Crippen LogP contribution in [0, 0.1) is 0 Å². The number of H-pyrrole nitrogens is 1. The van der Waals surface area contributed by atoms with E-state index in [4.69, 9.17) is 0 Å². The Morgan fingerprint density at radius 1 is 1.03 bits per heavy atom. The average molecular weight is 404 g/mol. The van der Waals surface area contributed by atoms with E-state index in [1.165, 1.54) is 11.8 Å². The van der Waals surface area contributed by atoms with E-state index in [9.17, 15) is 9.90 Å². The van der Waals surface area contributed by atoms with Crippen LogP contribution < -0.4 is 4.90 Å². The fourth-order valence-corrected chi connectivity index (χ4v) is 4.21. The maximum atomic E-state index is 12.3. The number of anilines is 1. The van der Waals surface area contributed by atoms with Gasteiger partial charge in [-0.1, -0.05) is 54.6 Å². The molecule has 2 N–H and O–H groups in total. The number of carboxylic acid groups (broad SMARTS) is 1. The third kappa shape index (κ3) is 4.60. The molecule has 0 fully saturated rings. The second-order valence-electron chi connectivity index (χ2n) is 6.69. The molecule has 6 heteroatoms. The molecule has 0 spiro atoms. The van der Waals surface area contributed by atoms with Crippen molar-refractivity contribution in [1.29, 1.82) is 0 Å². The summed E-state index contributed by atoms with van der Waals surface area (Å²) in [6.07, 6.45) is 1.72. The first-order chi connectivity index (χ1) is 14.2. The van der Waals surface area contributed by atoms with Gasteiger partial charge in [-0.25, -0.2) is 9.78 Å². The van der Waals surface area contributed by atoms with Gasteiger partial charge in [0.05, 0.1) is 5.03 Å². The zero-order valence-electron chi connectivity index (χ0n) is 15.7. The van der Waals surface area contributed by atoms with E-state index in [1.807, 2.05) is 83.8 Å². The van der Waals surface area contributed by atoms with Crippen molar-refractivity contribution in [1.82, 2.24) is 9.97 Å². The summed E-state index contributed by atoms with van der Waals surface area (Å²) in [5.41, 5.74) is 2.04. The van der Waals surface area contributed by atoms with Crippen molar-refractivity contribution in [2.45, 2.75) is 17.6 Å². The number of hydrogen-bond acceptors (Lipinski definition) is 4. The number of benzene rings is 2. The van der Waals surface area contributed by atoms with Gasteiger partial charge in [-0.2, -0.15) is 0 Å². The molecule has 0 bridgehead atoms. The van der Waals surface area contributed by atoms with E-state index in [0.717, 1.165) is 27.3 Å². The molecule has 2 heterocycles. The molecule has 5 nitrogen and oxygen atoms in total. The predicted octanol–water partition coefficient (Wildman–Crippen LogP) is 4.82. The number of aromatic amines is 1. The van der Waals surface area contributed by atoms with Crippen LogP contribution in [0.5, 0.6) is 0 Å². The number of carbonyl (C=O) groups is 1. The highest BCUT2D eigenvalue weighted by molar-refractivity contribution is 7.99. The third-order valence-corrected chi connectivity index (χ3v) is 5.73. The van der Waals surface area contributed by atoms with E-state index in [1.54, 1.807) is 6.20 Å². The number of fused-ring (bicyclic) bond motifs is 1. The minimum Gasteiger partial charge on any atom is -0.480 e. The summed E-state index contributed by atoms with van der Waals surface area (Å²) < 4.78 is 0. The van der Waals surface area contributed by atoms with Gasteiger partial charge in [0, 0.05) is 29.4 Å². The van der Waals surface area contributed by atoms with Gasteiger partial charge in [-0.15, -0.1) is 11.8 Å². The van der Waals surface area contributed by atoms with Crippen molar-refractivity contribution in [2.24, 2.45) is 0 Å². The molecule has 0 unspecified atom stereocenters. The number of aromatic nitrogens is 2. The van der Waals surface area contributed by atoms with Crippen LogP contribution in [-0.4, -0.2) is 32.8 Å². The Morgan fingerprint density at radius 3 is 2.52 bits per heavy atom. The smallest absolute Gasteiger partial charge is 0.327 e. The number of pyridine rings is 1. The maximum absolute atomic E-state index is 12.3. The van der Waals surface area contributed by atoms with Crippen LogP contribution >= 0.6 is 11.8 Å². The van der Waals surface area contributed by atoms with Crippen LogP contribution in [0.25, 0.3) is 10.9 Å². The van der Waals surface area contributed by atoms with Crippen LogP contribution in [-0.2, 0) is 11.3 Å². The first-order valence-corrected chi connectivity index (χ1v) is 10.3. The largest absolute Gasteiger partial charge is 0.480 e. The van der Waals surface area contributed by atoms with Gasteiger partial charge in [0.2, 0.25) is 0 Å². The predicted molar refractivity (Wildman–Crippen MR) is 117 cm³/mol. The van der Waals surface area contributed by atoms with Gasteiger partial charge in [-0.05, 0) is 29.8 Å². The van der Waals surface area contributed by atoms with Gasteiger partial charge < -0.3 is 15.0 Å². The van der Waals surface area contributed by atoms with E-state index < -0.39 is 12.0 Å². The number of thioether (sulfide) groups is 1. The van der Waals surface area contributed by atoms with Crippen molar-refractivity contribution in [3.8, 4) is 0 Å². The molecule has 29 heavy (non-hydrogen) atoms. The summed E-state index contributed by atoms with van der Waals surface area (Å²) >= 11 is 1.45. The molecule has 0 aliphatic heterocycles. The van der Waals surface area contributed by atoms with Crippen LogP contribution in [0.1, 0.15) is 5.56 Å². The second kappa shape index (κ2) is 8.84. The minimum absolute atomic E-state index is 0.383. The Labute approximate surface area is 173 Å². The van der Waals surface area contributed by atoms with Gasteiger partial charge in [0.1, 0.15) is 11.9 Å². The molecule has 4 aromatic rings. The van der Waals surface area contributed by atoms with Crippen LogP contribution in [0.3, 0.4) is 0 Å². The van der Waals surface area contributed by atoms with E-state index in [0.29, 0.717) is 12.3 Å². The molecule has 2 aromatic heterocycles. The molecule has 0 amide bonds. The molecular weight excluding hydrogens is 382 g/mol. The summed E-state index contributed by atoms with van der Waals surface area (Å²) in [4.78, 5) is 21.9. The average Bonchev–Trinajstić information content (AvgIpc) is 3.18. The Kier molecular flexibility index (Phi) is 5.81. The van der Waals surface area contributed by atoms with Crippen molar-refractivity contribution in [2.75, 3.05) is 10.7 Å². The highest BCUT2D eigenvalue weighted by atomic mass is 32.2. The lowest BCUT2D eigenvalue weighted by Gasteiger charge is -2.29. The monoisotopic (exact) mass is 403 g/mol. The fraction of sp³-hybridized carbons (Fsp3) is 0.130. The maximum Gasteiger partial charge on any atom is 0.327 e. The highest BCUT2D eigenvalue weighted by Crippen LogP contribution is 2.27. The number of nitrogens with zero attached hydrogens (tertiary/aromatic N) is 2. The van der Waals surface area contributed by atoms with Crippen molar-refractivity contribution < 1.29 is 9.90 Å². The zero-order valence-corrected chi connectivity index (χ0v) is 16.5. The fourth-order valence-electron chi connectivity index (χ4n) is 3.25. The van der Waals surface area contributed by atoms with E-state index in [2.05, 4.69) is 9.97 Å². The van der Waals surface area contributed by atoms with Crippen molar-refractivity contribution in [3.05, 3.63) is 90.6 Å². The second-order valence-corrected chi connectivity index (χ2v) is 7.73. The van der Waals surface area contributed by atoms with Gasteiger partial charge >= 0.3 is 5.97 Å². The van der Waals surface area contributed by atoms with Crippen molar-refractivity contribution in [3.63, 3.8) is 0 Å². The van der Waals surface area contributed by atoms with Crippen molar-refractivity contribution >= 4 is 34.5 Å². The molecular formula is C23H21N3O2S. The Bertz CT molecular complexity index is 1050. The Morgan fingerprint density at radius 2 is 1.79 bits per heavy atom. The zero-order chi connectivity index (χ0) is 20.1. The third-order valence-electron chi connectivity index (χ3n) is 4.71. The molecule has 0 saturated carbocycles.